The zero-order valence-electron chi connectivity index (χ0n) is 17.9. The number of halogens is 1. The molecule has 1 amide bonds. The Hall–Kier alpha value is -3.56. The SMILES string of the molecule is CCOc1cc(/C=C(/C#N)C(=O)Nc2cccc(Br)c2)ccc1OCc1ccc(C)cc1. The van der Waals surface area contributed by atoms with Gasteiger partial charge in [-0.15, -0.1) is 0 Å². The number of nitrogens with zero attached hydrogens (tertiary/aromatic N) is 1. The van der Waals surface area contributed by atoms with Crippen molar-refractivity contribution >= 4 is 33.6 Å². The van der Waals surface area contributed by atoms with Gasteiger partial charge in [0, 0.05) is 10.2 Å². The fourth-order valence-corrected chi connectivity index (χ4v) is 3.33. The van der Waals surface area contributed by atoms with Gasteiger partial charge >= 0.3 is 0 Å². The predicted octanol–water partition coefficient (Wildman–Crippen LogP) is 6.28. The number of hydrogen-bond acceptors (Lipinski definition) is 4. The number of nitriles is 1. The molecule has 0 heterocycles. The number of carbonyl (C=O) groups is 1. The van der Waals surface area contributed by atoms with Crippen molar-refractivity contribution in [2.75, 3.05) is 11.9 Å². The molecule has 6 heteroatoms. The molecule has 0 fully saturated rings. The Morgan fingerprint density at radius 2 is 1.84 bits per heavy atom. The number of aryl methyl sites for hydroxylation is 1. The van der Waals surface area contributed by atoms with Crippen molar-refractivity contribution in [1.29, 1.82) is 5.26 Å². The van der Waals surface area contributed by atoms with Crippen LogP contribution in [-0.4, -0.2) is 12.5 Å². The molecule has 0 aliphatic rings. The third-order valence-corrected chi connectivity index (χ3v) is 5.03. The van der Waals surface area contributed by atoms with E-state index in [1.165, 1.54) is 11.6 Å². The number of hydrogen-bond donors (Lipinski definition) is 1. The first kappa shape index (κ1) is 23.1. The molecule has 32 heavy (non-hydrogen) atoms. The minimum absolute atomic E-state index is 0.0132. The maximum atomic E-state index is 12.5. The highest BCUT2D eigenvalue weighted by atomic mass is 79.9. The van der Waals surface area contributed by atoms with Gasteiger partial charge in [0.1, 0.15) is 18.2 Å². The van der Waals surface area contributed by atoms with Crippen LogP contribution in [0.1, 0.15) is 23.6 Å². The number of anilines is 1. The minimum atomic E-state index is -0.483. The first-order valence-corrected chi connectivity index (χ1v) is 10.9. The van der Waals surface area contributed by atoms with Crippen LogP contribution in [0.5, 0.6) is 11.5 Å². The summed E-state index contributed by atoms with van der Waals surface area (Å²) in [6.45, 7) is 4.80. The van der Waals surface area contributed by atoms with E-state index in [2.05, 4.69) is 21.2 Å². The summed E-state index contributed by atoms with van der Waals surface area (Å²) in [5, 5.41) is 12.2. The number of rotatable bonds is 8. The van der Waals surface area contributed by atoms with E-state index in [-0.39, 0.29) is 5.57 Å². The molecule has 0 saturated heterocycles. The molecule has 0 saturated carbocycles. The Balaban J connectivity index is 1.77. The van der Waals surface area contributed by atoms with Gasteiger partial charge in [0.25, 0.3) is 5.91 Å². The number of nitrogens with one attached hydrogen (secondary N) is 1. The van der Waals surface area contributed by atoms with Crippen LogP contribution in [0.3, 0.4) is 0 Å². The molecule has 3 rings (SSSR count). The number of amides is 1. The number of carbonyl (C=O) groups excluding carboxylic acids is 1. The molecule has 0 atom stereocenters. The lowest BCUT2D eigenvalue weighted by Crippen LogP contribution is -2.13. The molecular weight excluding hydrogens is 468 g/mol. The average Bonchev–Trinajstić information content (AvgIpc) is 2.78. The van der Waals surface area contributed by atoms with Crippen molar-refractivity contribution in [2.45, 2.75) is 20.5 Å². The quantitative estimate of drug-likeness (QED) is 0.297. The average molecular weight is 491 g/mol. The highest BCUT2D eigenvalue weighted by molar-refractivity contribution is 9.10. The molecule has 0 aliphatic heterocycles. The van der Waals surface area contributed by atoms with Crippen molar-refractivity contribution in [1.82, 2.24) is 0 Å². The summed E-state index contributed by atoms with van der Waals surface area (Å²) >= 11 is 3.36. The van der Waals surface area contributed by atoms with E-state index in [9.17, 15) is 10.1 Å². The standard InChI is InChI=1S/C26H23BrN2O3/c1-3-31-25-14-20(11-12-24(25)32-17-19-9-7-18(2)8-10-19)13-21(16-28)26(30)29-23-6-4-5-22(27)15-23/h4-15H,3,17H2,1-2H3,(H,29,30)/b21-13-. The summed E-state index contributed by atoms with van der Waals surface area (Å²) < 4.78 is 12.5. The lowest BCUT2D eigenvalue weighted by molar-refractivity contribution is -0.112. The van der Waals surface area contributed by atoms with Crippen LogP contribution >= 0.6 is 15.9 Å². The van der Waals surface area contributed by atoms with Gasteiger partial charge in [0.05, 0.1) is 6.61 Å². The molecule has 1 N–H and O–H groups in total. The second-order valence-electron chi connectivity index (χ2n) is 7.05. The first-order valence-electron chi connectivity index (χ1n) is 10.1. The van der Waals surface area contributed by atoms with Crippen LogP contribution < -0.4 is 14.8 Å². The Morgan fingerprint density at radius 3 is 2.53 bits per heavy atom. The van der Waals surface area contributed by atoms with Gasteiger partial charge in [-0.1, -0.05) is 57.9 Å². The first-order chi connectivity index (χ1) is 15.5. The maximum Gasteiger partial charge on any atom is 0.266 e. The van der Waals surface area contributed by atoms with Crippen molar-refractivity contribution < 1.29 is 14.3 Å². The van der Waals surface area contributed by atoms with Crippen LogP contribution in [0.2, 0.25) is 0 Å². The normalized spacial score (nSPS) is 10.9. The van der Waals surface area contributed by atoms with E-state index in [0.717, 1.165) is 10.0 Å². The number of benzene rings is 3. The smallest absolute Gasteiger partial charge is 0.266 e. The van der Waals surface area contributed by atoms with Crippen molar-refractivity contribution in [2.24, 2.45) is 0 Å². The Labute approximate surface area is 196 Å². The lowest BCUT2D eigenvalue weighted by atomic mass is 10.1. The molecule has 3 aromatic rings. The highest BCUT2D eigenvalue weighted by Gasteiger charge is 2.12. The van der Waals surface area contributed by atoms with Crippen LogP contribution in [0.15, 0.2) is 76.8 Å². The Morgan fingerprint density at radius 1 is 1.06 bits per heavy atom. The van der Waals surface area contributed by atoms with Gasteiger partial charge in [-0.05, 0) is 61.4 Å². The summed E-state index contributed by atoms with van der Waals surface area (Å²) in [4.78, 5) is 12.5. The molecule has 0 spiro atoms. The van der Waals surface area contributed by atoms with Gasteiger partial charge in [0.2, 0.25) is 0 Å². The fourth-order valence-electron chi connectivity index (χ4n) is 2.93. The summed E-state index contributed by atoms with van der Waals surface area (Å²) in [6, 6.07) is 22.6. The molecule has 0 bridgehead atoms. The summed E-state index contributed by atoms with van der Waals surface area (Å²) in [5.41, 5.74) is 3.49. The van der Waals surface area contributed by atoms with E-state index in [1.54, 1.807) is 36.4 Å². The molecule has 0 radical (unpaired) electrons. The monoisotopic (exact) mass is 490 g/mol. The Bertz CT molecular complexity index is 1160. The minimum Gasteiger partial charge on any atom is -0.490 e. The summed E-state index contributed by atoms with van der Waals surface area (Å²) in [7, 11) is 0. The molecule has 5 nitrogen and oxygen atoms in total. The van der Waals surface area contributed by atoms with Crippen LogP contribution in [0.25, 0.3) is 6.08 Å². The Kier molecular flexibility index (Phi) is 8.07. The second kappa shape index (κ2) is 11.2. The van der Waals surface area contributed by atoms with Crippen LogP contribution in [-0.2, 0) is 11.4 Å². The van der Waals surface area contributed by atoms with Gasteiger partial charge < -0.3 is 14.8 Å². The topological polar surface area (TPSA) is 71.3 Å². The third kappa shape index (κ3) is 6.47. The maximum absolute atomic E-state index is 12.5. The van der Waals surface area contributed by atoms with Crippen molar-refractivity contribution in [3.8, 4) is 17.6 Å². The van der Waals surface area contributed by atoms with Crippen LogP contribution in [0, 0.1) is 18.3 Å². The second-order valence-corrected chi connectivity index (χ2v) is 7.96. The highest BCUT2D eigenvalue weighted by Crippen LogP contribution is 2.30. The van der Waals surface area contributed by atoms with E-state index in [1.807, 2.05) is 50.2 Å². The molecule has 162 valence electrons. The zero-order chi connectivity index (χ0) is 22.9. The van der Waals surface area contributed by atoms with E-state index in [0.29, 0.717) is 36.0 Å². The molecular formula is C26H23BrN2O3. The van der Waals surface area contributed by atoms with Gasteiger partial charge in [0.15, 0.2) is 11.5 Å². The number of ether oxygens (including phenoxy) is 2. The van der Waals surface area contributed by atoms with Crippen LogP contribution in [0.4, 0.5) is 5.69 Å². The molecule has 0 aliphatic carbocycles. The largest absolute Gasteiger partial charge is 0.490 e. The lowest BCUT2D eigenvalue weighted by Gasteiger charge is -2.13. The van der Waals surface area contributed by atoms with E-state index in [4.69, 9.17) is 9.47 Å². The molecule has 3 aromatic carbocycles. The predicted molar refractivity (Wildman–Crippen MR) is 129 cm³/mol. The summed E-state index contributed by atoms with van der Waals surface area (Å²) in [5.74, 6) is 0.669. The van der Waals surface area contributed by atoms with Gasteiger partial charge in [-0.2, -0.15) is 5.26 Å². The van der Waals surface area contributed by atoms with Crippen molar-refractivity contribution in [3.63, 3.8) is 0 Å². The van der Waals surface area contributed by atoms with Gasteiger partial charge in [-0.3, -0.25) is 4.79 Å². The zero-order valence-corrected chi connectivity index (χ0v) is 19.5. The third-order valence-electron chi connectivity index (χ3n) is 4.54. The van der Waals surface area contributed by atoms with E-state index >= 15 is 0 Å². The van der Waals surface area contributed by atoms with E-state index < -0.39 is 5.91 Å². The van der Waals surface area contributed by atoms with Gasteiger partial charge in [-0.25, -0.2) is 0 Å². The van der Waals surface area contributed by atoms with Crippen molar-refractivity contribution in [3.05, 3.63) is 93.5 Å². The summed E-state index contributed by atoms with van der Waals surface area (Å²) in [6.07, 6.45) is 1.53. The fraction of sp³-hybridized carbons (Fsp3) is 0.154. The molecule has 0 aromatic heterocycles. The molecule has 0 unspecified atom stereocenters.